The van der Waals surface area contributed by atoms with Gasteiger partial charge < -0.3 is 5.11 Å². The molecule has 1 N–H and O–H groups in total. The first-order valence-corrected chi connectivity index (χ1v) is 9.86. The molecule has 5 aromatic rings. The first-order chi connectivity index (χ1) is 15.2. The minimum atomic E-state index is -0.995. The van der Waals surface area contributed by atoms with Gasteiger partial charge in [0.15, 0.2) is 0 Å². The fraction of sp³-hybridized carbons (Fsp3) is 0. The van der Waals surface area contributed by atoms with Crippen molar-refractivity contribution in [3.05, 3.63) is 108 Å². The zero-order chi connectivity index (χ0) is 21.2. The molecule has 1 aliphatic carbocycles. The quantitative estimate of drug-likeness (QED) is 0.246. The third kappa shape index (κ3) is 4.22. The Morgan fingerprint density at radius 2 is 1.62 bits per heavy atom. The second-order valence-corrected chi connectivity index (χ2v) is 7.17. The Hall–Kier alpha value is -3.66. The summed E-state index contributed by atoms with van der Waals surface area (Å²) in [6.45, 7) is 0. The van der Waals surface area contributed by atoms with Crippen molar-refractivity contribution in [2.75, 3.05) is 0 Å². The maximum Gasteiger partial charge on any atom is 0.354 e. The molecule has 2 heterocycles. The molecule has 0 bridgehead atoms. The van der Waals surface area contributed by atoms with Crippen molar-refractivity contribution in [2.24, 2.45) is 0 Å². The predicted octanol–water partition coefficient (Wildman–Crippen LogP) is 6.12. The van der Waals surface area contributed by atoms with E-state index in [1.54, 1.807) is 12.3 Å². The van der Waals surface area contributed by atoms with Crippen molar-refractivity contribution in [1.29, 1.82) is 0 Å². The van der Waals surface area contributed by atoms with Gasteiger partial charge in [0.25, 0.3) is 0 Å². The van der Waals surface area contributed by atoms with Gasteiger partial charge in [-0.05, 0) is 34.3 Å². The van der Waals surface area contributed by atoms with Crippen LogP contribution >= 0.6 is 0 Å². The van der Waals surface area contributed by atoms with Crippen LogP contribution in [-0.4, -0.2) is 21.0 Å². The van der Waals surface area contributed by atoms with Gasteiger partial charge in [0, 0.05) is 37.1 Å². The van der Waals surface area contributed by atoms with Crippen LogP contribution in [-0.2, 0) is 20.1 Å². The summed E-state index contributed by atoms with van der Waals surface area (Å²) in [5, 5.41) is 11.8. The summed E-state index contributed by atoms with van der Waals surface area (Å²) >= 11 is 0. The van der Waals surface area contributed by atoms with Crippen LogP contribution in [0.2, 0.25) is 0 Å². The zero-order valence-electron chi connectivity index (χ0n) is 16.8. The van der Waals surface area contributed by atoms with Gasteiger partial charge in [-0.1, -0.05) is 54.6 Å². The number of carboxylic acid groups (broad SMARTS) is 1. The molecule has 0 amide bonds. The van der Waals surface area contributed by atoms with Gasteiger partial charge in [-0.2, -0.15) is 0 Å². The Kier molecular flexibility index (Phi) is 6.22. The normalized spacial score (nSPS) is 11.0. The number of carboxylic acids is 1. The number of fused-ring (bicyclic) bond motifs is 1. The largest absolute Gasteiger partial charge is 0.477 e. The maximum atomic E-state index is 10.6. The molecule has 0 aliphatic heterocycles. The first-order valence-electron chi connectivity index (χ1n) is 9.86. The summed E-state index contributed by atoms with van der Waals surface area (Å²) in [4.78, 5) is 19.1. The third-order valence-corrected chi connectivity index (χ3v) is 5.17. The van der Waals surface area contributed by atoms with E-state index in [4.69, 9.17) is 10.1 Å². The molecule has 2 aromatic heterocycles. The van der Waals surface area contributed by atoms with E-state index in [9.17, 15) is 4.79 Å². The van der Waals surface area contributed by atoms with Crippen LogP contribution in [0.4, 0.5) is 0 Å². The number of carbonyl (C=O) groups is 1. The van der Waals surface area contributed by atoms with E-state index < -0.39 is 5.97 Å². The van der Waals surface area contributed by atoms with Gasteiger partial charge >= 0.3 is 5.97 Å². The van der Waals surface area contributed by atoms with E-state index in [0.29, 0.717) is 0 Å². The minimum absolute atomic E-state index is 0. The summed E-state index contributed by atoms with van der Waals surface area (Å²) in [5.41, 5.74) is 5.69. The number of benzene rings is 3. The Morgan fingerprint density at radius 1 is 0.844 bits per heavy atom. The molecule has 157 valence electrons. The molecule has 0 atom stereocenters. The zero-order valence-corrected chi connectivity index (χ0v) is 19.2. The molecule has 1 radical (unpaired) electrons. The topological polar surface area (TPSA) is 63.1 Å². The summed E-state index contributed by atoms with van der Waals surface area (Å²) in [5.74, 6) is -0.995. The second kappa shape index (κ2) is 9.23. The molecule has 3 aromatic carbocycles. The van der Waals surface area contributed by atoms with Gasteiger partial charge in [0.2, 0.25) is 0 Å². The van der Waals surface area contributed by atoms with E-state index in [-0.39, 0.29) is 25.8 Å². The smallest absolute Gasteiger partial charge is 0.354 e. The molecule has 0 saturated heterocycles. The summed E-state index contributed by atoms with van der Waals surface area (Å²) < 4.78 is 0. The second-order valence-electron chi connectivity index (χ2n) is 7.17. The van der Waals surface area contributed by atoms with Crippen LogP contribution in [0.5, 0.6) is 0 Å². The predicted molar refractivity (Wildman–Crippen MR) is 124 cm³/mol. The van der Waals surface area contributed by atoms with Crippen molar-refractivity contribution < 1.29 is 30.0 Å². The maximum absolute atomic E-state index is 10.6. The molecule has 4 nitrogen and oxygen atoms in total. The van der Waals surface area contributed by atoms with Crippen LogP contribution in [0.3, 0.4) is 0 Å². The van der Waals surface area contributed by atoms with E-state index in [0.717, 1.165) is 27.5 Å². The number of hydrogen-bond acceptors (Lipinski definition) is 3. The summed E-state index contributed by atoms with van der Waals surface area (Å²) in [6.07, 6.45) is 5.88. The number of hydrogen-bond donors (Lipinski definition) is 1. The van der Waals surface area contributed by atoms with Crippen molar-refractivity contribution in [3.63, 3.8) is 0 Å². The molecule has 5 heteroatoms. The van der Waals surface area contributed by atoms with E-state index in [2.05, 4.69) is 47.5 Å². The average molecular weight is 594 g/mol. The van der Waals surface area contributed by atoms with Gasteiger partial charge in [0.1, 0.15) is 5.69 Å². The van der Waals surface area contributed by atoms with E-state index in [1.807, 2.05) is 48.5 Å². The standard InChI is InChI=1S/C17H10N.C10H7NO2.Ir/c1-2-5-12(6-3-1)16-11-14-10-9-13-7-4-8-15(18-16)17(13)14;12-10(13)9-5-7-3-1-2-4-8(7)6-11-9;/h1-5,7-11H;1-6H,(H,12,13);/q-1;;. The summed E-state index contributed by atoms with van der Waals surface area (Å²) in [6, 6.07) is 28.7. The van der Waals surface area contributed by atoms with E-state index in [1.165, 1.54) is 16.5 Å². The fourth-order valence-corrected chi connectivity index (χ4v) is 3.69. The van der Waals surface area contributed by atoms with Crippen LogP contribution < -0.4 is 0 Å². The molecule has 0 fully saturated rings. The van der Waals surface area contributed by atoms with Crippen LogP contribution in [0.25, 0.3) is 45.1 Å². The Balaban J connectivity index is 0.000000157. The Morgan fingerprint density at radius 3 is 2.41 bits per heavy atom. The summed E-state index contributed by atoms with van der Waals surface area (Å²) in [7, 11) is 0. The van der Waals surface area contributed by atoms with Crippen LogP contribution in [0, 0.1) is 6.07 Å². The molecule has 1 aliphatic rings. The molecule has 0 unspecified atom stereocenters. The van der Waals surface area contributed by atoms with Crippen molar-refractivity contribution >= 4 is 39.8 Å². The number of nitrogens with zero attached hydrogens (tertiary/aromatic N) is 2. The number of aromatic carboxylic acids is 1. The van der Waals surface area contributed by atoms with Gasteiger partial charge in [-0.3, -0.25) is 4.98 Å². The van der Waals surface area contributed by atoms with Crippen molar-refractivity contribution in [1.82, 2.24) is 9.97 Å². The molecular formula is C27H17IrN2O2-. The van der Waals surface area contributed by atoms with E-state index >= 15 is 0 Å². The Labute approximate surface area is 198 Å². The first kappa shape index (κ1) is 21.6. The molecule has 0 saturated carbocycles. The number of aromatic nitrogens is 2. The Bertz CT molecular complexity index is 1460. The third-order valence-electron chi connectivity index (χ3n) is 5.17. The van der Waals surface area contributed by atoms with Crippen molar-refractivity contribution in [2.45, 2.75) is 0 Å². The SMILES string of the molecule is O=C(O)c1cc2ccccc2cn1.[Ir].[c-]1ccccc1-c1cc2c3c(cccc3n1)C=C2. The van der Waals surface area contributed by atoms with Gasteiger partial charge in [-0.15, -0.1) is 35.9 Å². The van der Waals surface area contributed by atoms with Crippen LogP contribution in [0.15, 0.2) is 85.1 Å². The molecule has 0 spiro atoms. The van der Waals surface area contributed by atoms with Gasteiger partial charge in [0.05, 0.1) is 5.52 Å². The monoisotopic (exact) mass is 594 g/mol. The van der Waals surface area contributed by atoms with Gasteiger partial charge in [-0.25, -0.2) is 9.78 Å². The minimum Gasteiger partial charge on any atom is -0.477 e. The molecule has 6 rings (SSSR count). The average Bonchev–Trinajstić information content (AvgIpc) is 3.24. The van der Waals surface area contributed by atoms with Crippen molar-refractivity contribution in [3.8, 4) is 11.3 Å². The molecular weight excluding hydrogens is 577 g/mol. The number of pyridine rings is 2. The number of rotatable bonds is 2. The van der Waals surface area contributed by atoms with Crippen LogP contribution in [0.1, 0.15) is 21.6 Å². The fourth-order valence-electron chi connectivity index (χ4n) is 3.69. The molecule has 32 heavy (non-hydrogen) atoms.